The number of hydrogen-bond donors (Lipinski definition) is 2. The lowest BCUT2D eigenvalue weighted by Gasteiger charge is -2.34. The Hall–Kier alpha value is -0.830. The zero-order valence-electron chi connectivity index (χ0n) is 16.8. The number of rotatable bonds is 7. The molecule has 1 unspecified atom stereocenters. The second kappa shape index (κ2) is 12.5. The third-order valence-corrected chi connectivity index (χ3v) is 4.98. The predicted octanol–water partition coefficient (Wildman–Crippen LogP) is 3.42. The zero-order chi connectivity index (χ0) is 18.1. The maximum Gasteiger partial charge on any atom is 0.191 e. The molecule has 1 saturated heterocycles. The number of guanidine groups is 1. The van der Waals surface area contributed by atoms with Gasteiger partial charge >= 0.3 is 0 Å². The van der Waals surface area contributed by atoms with E-state index in [2.05, 4.69) is 46.5 Å². The molecular formula is C19H36IN5O. The van der Waals surface area contributed by atoms with Crippen LogP contribution in [-0.4, -0.2) is 48.7 Å². The molecule has 7 heteroatoms. The molecule has 6 nitrogen and oxygen atoms in total. The van der Waals surface area contributed by atoms with Crippen molar-refractivity contribution in [3.63, 3.8) is 0 Å². The Morgan fingerprint density at radius 3 is 2.46 bits per heavy atom. The Bertz CT molecular complexity index is 524. The monoisotopic (exact) mass is 477 g/mol. The molecule has 2 N–H and O–H groups in total. The maximum absolute atomic E-state index is 5.32. The van der Waals surface area contributed by atoms with Crippen LogP contribution in [0.4, 0.5) is 0 Å². The van der Waals surface area contributed by atoms with Crippen LogP contribution in [0.3, 0.4) is 0 Å². The van der Waals surface area contributed by atoms with Crippen LogP contribution in [0.15, 0.2) is 15.6 Å². The summed E-state index contributed by atoms with van der Waals surface area (Å²) in [6.07, 6.45) is 6.27. The number of halogens is 1. The van der Waals surface area contributed by atoms with Gasteiger partial charge in [-0.2, -0.15) is 0 Å². The van der Waals surface area contributed by atoms with Gasteiger partial charge in [0.25, 0.3) is 0 Å². The summed E-state index contributed by atoms with van der Waals surface area (Å²) in [5, 5.41) is 10.8. The highest BCUT2D eigenvalue weighted by molar-refractivity contribution is 14.0. The van der Waals surface area contributed by atoms with Crippen LogP contribution in [0.1, 0.15) is 57.9 Å². The average molecular weight is 477 g/mol. The molecule has 1 atom stereocenters. The molecule has 0 spiro atoms. The highest BCUT2D eigenvalue weighted by Gasteiger charge is 2.22. The van der Waals surface area contributed by atoms with Gasteiger partial charge < -0.3 is 15.2 Å². The van der Waals surface area contributed by atoms with Gasteiger partial charge in [-0.05, 0) is 38.3 Å². The van der Waals surface area contributed by atoms with Crippen molar-refractivity contribution in [1.82, 2.24) is 20.7 Å². The number of hydrogen-bond acceptors (Lipinski definition) is 4. The van der Waals surface area contributed by atoms with Gasteiger partial charge in [-0.1, -0.05) is 38.8 Å². The summed E-state index contributed by atoms with van der Waals surface area (Å²) < 4.78 is 5.32. The Morgan fingerprint density at radius 2 is 1.92 bits per heavy atom. The molecule has 26 heavy (non-hydrogen) atoms. The van der Waals surface area contributed by atoms with E-state index in [9.17, 15) is 0 Å². The quantitative estimate of drug-likeness (QED) is 0.358. The van der Waals surface area contributed by atoms with Gasteiger partial charge in [-0.3, -0.25) is 9.89 Å². The summed E-state index contributed by atoms with van der Waals surface area (Å²) in [7, 11) is 1.81. The molecule has 1 aliphatic rings. The largest absolute Gasteiger partial charge is 0.359 e. The summed E-state index contributed by atoms with van der Waals surface area (Å²) in [6, 6.07) is 2.53. The highest BCUT2D eigenvalue weighted by atomic mass is 127. The summed E-state index contributed by atoms with van der Waals surface area (Å²) >= 11 is 0. The van der Waals surface area contributed by atoms with Gasteiger partial charge in [-0.25, -0.2) is 0 Å². The Balaban J connectivity index is 0.00000338. The molecule has 1 fully saturated rings. The molecule has 0 bridgehead atoms. The third kappa shape index (κ3) is 7.42. The minimum atomic E-state index is 0. The predicted molar refractivity (Wildman–Crippen MR) is 118 cm³/mol. The van der Waals surface area contributed by atoms with Crippen molar-refractivity contribution in [3.05, 3.63) is 17.5 Å². The number of aromatic nitrogens is 1. The molecule has 2 rings (SSSR count). The highest BCUT2D eigenvalue weighted by Crippen LogP contribution is 2.17. The fourth-order valence-corrected chi connectivity index (χ4v) is 3.41. The van der Waals surface area contributed by atoms with Crippen LogP contribution >= 0.6 is 24.0 Å². The first-order valence-electron chi connectivity index (χ1n) is 9.77. The van der Waals surface area contributed by atoms with E-state index in [4.69, 9.17) is 4.52 Å². The lowest BCUT2D eigenvalue weighted by atomic mass is 10.0. The second-order valence-electron chi connectivity index (χ2n) is 7.21. The first-order chi connectivity index (χ1) is 12.1. The number of nitrogens with zero attached hydrogens (tertiary/aromatic N) is 3. The number of aryl methyl sites for hydroxylation is 1. The molecule has 2 heterocycles. The summed E-state index contributed by atoms with van der Waals surface area (Å²) in [5.74, 6) is 2.27. The van der Waals surface area contributed by atoms with Crippen molar-refractivity contribution in [1.29, 1.82) is 0 Å². The number of likely N-dealkylation sites (tertiary alicyclic amines) is 1. The van der Waals surface area contributed by atoms with Gasteiger partial charge in [0, 0.05) is 25.7 Å². The van der Waals surface area contributed by atoms with Crippen molar-refractivity contribution in [2.75, 3.05) is 26.7 Å². The van der Waals surface area contributed by atoms with Crippen molar-refractivity contribution < 1.29 is 4.52 Å². The molecule has 1 aromatic rings. The van der Waals surface area contributed by atoms with Gasteiger partial charge in [-0.15, -0.1) is 24.0 Å². The fourth-order valence-electron chi connectivity index (χ4n) is 3.41. The van der Waals surface area contributed by atoms with Gasteiger partial charge in [0.15, 0.2) is 11.7 Å². The molecule has 0 radical (unpaired) electrons. The van der Waals surface area contributed by atoms with E-state index < -0.39 is 0 Å². The average Bonchev–Trinajstić information content (AvgIpc) is 2.91. The molecule has 0 aliphatic carbocycles. The van der Waals surface area contributed by atoms with Crippen LogP contribution in [0.5, 0.6) is 0 Å². The molecule has 1 aromatic heterocycles. The van der Waals surface area contributed by atoms with E-state index in [1.165, 1.54) is 38.8 Å². The van der Waals surface area contributed by atoms with Crippen LogP contribution in [-0.2, 0) is 13.0 Å². The SMILES string of the molecule is CCc1cc(CNC(=NC)NCC(C(C)C)N2CCCCCC2)on1.I. The molecule has 0 saturated carbocycles. The standard InChI is InChI=1S/C19H35N5O.HI/c1-5-16-12-17(25-23-16)13-21-19(20-4)22-14-18(15(2)3)24-10-8-6-7-9-11-24;/h12,15,18H,5-11,13-14H2,1-4H3,(H2,20,21,22);1H. The molecular weight excluding hydrogens is 441 g/mol. The first-order valence-corrected chi connectivity index (χ1v) is 9.77. The minimum absolute atomic E-state index is 0. The number of nitrogens with one attached hydrogen (secondary N) is 2. The summed E-state index contributed by atoms with van der Waals surface area (Å²) in [4.78, 5) is 6.99. The normalized spacial score (nSPS) is 17.5. The molecule has 150 valence electrons. The van der Waals surface area contributed by atoms with Crippen LogP contribution in [0, 0.1) is 5.92 Å². The third-order valence-electron chi connectivity index (χ3n) is 4.98. The molecule has 0 amide bonds. The van der Waals surface area contributed by atoms with Crippen molar-refractivity contribution in [3.8, 4) is 0 Å². The van der Waals surface area contributed by atoms with E-state index in [0.717, 1.165) is 30.4 Å². The maximum atomic E-state index is 5.32. The van der Waals surface area contributed by atoms with Crippen LogP contribution in [0.25, 0.3) is 0 Å². The Kier molecular flexibility index (Phi) is 11.2. The smallest absolute Gasteiger partial charge is 0.191 e. The van der Waals surface area contributed by atoms with E-state index in [1.54, 1.807) is 0 Å². The van der Waals surface area contributed by atoms with Crippen molar-refractivity contribution in [2.24, 2.45) is 10.9 Å². The second-order valence-corrected chi connectivity index (χ2v) is 7.21. The minimum Gasteiger partial charge on any atom is -0.359 e. The zero-order valence-corrected chi connectivity index (χ0v) is 19.1. The topological polar surface area (TPSA) is 65.7 Å². The molecule has 1 aliphatic heterocycles. The Labute approximate surface area is 175 Å². The van der Waals surface area contributed by atoms with Crippen molar-refractivity contribution in [2.45, 2.75) is 65.5 Å². The summed E-state index contributed by atoms with van der Waals surface area (Å²) in [6.45, 7) is 10.6. The lowest BCUT2D eigenvalue weighted by Crippen LogP contribution is -2.49. The van der Waals surface area contributed by atoms with Crippen LogP contribution < -0.4 is 10.6 Å². The number of aliphatic imine (C=N–C) groups is 1. The van der Waals surface area contributed by atoms with Crippen LogP contribution in [0.2, 0.25) is 0 Å². The first kappa shape index (κ1) is 23.2. The van der Waals surface area contributed by atoms with E-state index in [0.29, 0.717) is 18.5 Å². The van der Waals surface area contributed by atoms with Crippen molar-refractivity contribution >= 4 is 29.9 Å². The fraction of sp³-hybridized carbons (Fsp3) is 0.789. The molecule has 0 aromatic carbocycles. The van der Waals surface area contributed by atoms with Gasteiger partial charge in [0.05, 0.1) is 12.2 Å². The van der Waals surface area contributed by atoms with E-state index in [-0.39, 0.29) is 24.0 Å². The Morgan fingerprint density at radius 1 is 1.23 bits per heavy atom. The van der Waals surface area contributed by atoms with E-state index >= 15 is 0 Å². The lowest BCUT2D eigenvalue weighted by molar-refractivity contribution is 0.161. The summed E-state index contributed by atoms with van der Waals surface area (Å²) in [5.41, 5.74) is 0.987. The van der Waals surface area contributed by atoms with Gasteiger partial charge in [0.2, 0.25) is 0 Å². The van der Waals surface area contributed by atoms with Gasteiger partial charge in [0.1, 0.15) is 0 Å². The van der Waals surface area contributed by atoms with E-state index in [1.807, 2.05) is 13.1 Å².